The molecule has 0 amide bonds. The number of hydrogen-bond acceptors (Lipinski definition) is 4. The summed E-state index contributed by atoms with van der Waals surface area (Å²) in [5, 5.41) is 4.48. The van der Waals surface area contributed by atoms with Crippen LogP contribution in [0.15, 0.2) is 168 Å². The first-order chi connectivity index (χ1) is 23.3. The Balaban J connectivity index is 1.28. The molecule has 2 heterocycles. The minimum atomic E-state index is 0.600. The molecule has 2 aromatic heterocycles. The van der Waals surface area contributed by atoms with E-state index < -0.39 is 0 Å². The fourth-order valence-electron chi connectivity index (χ4n) is 6.42. The van der Waals surface area contributed by atoms with Crippen LogP contribution in [-0.4, -0.2) is 15.0 Å². The van der Waals surface area contributed by atoms with Crippen LogP contribution in [0.4, 0.5) is 0 Å². The Bertz CT molecular complexity index is 2500. The number of hydrogen-bond donors (Lipinski definition) is 0. The summed E-state index contributed by atoms with van der Waals surface area (Å²) in [5.41, 5.74) is 8.84. The maximum atomic E-state index is 6.38. The summed E-state index contributed by atoms with van der Waals surface area (Å²) in [4.78, 5) is 15.3. The molecule has 0 aliphatic carbocycles. The van der Waals surface area contributed by atoms with Crippen molar-refractivity contribution in [3.05, 3.63) is 164 Å². The van der Waals surface area contributed by atoms with Crippen LogP contribution >= 0.6 is 0 Å². The SMILES string of the molecule is c1ccc(-c2nc(-c3ccccc3)nc(-c3c(-c4ccc(-c5ccc6ccccc6c5)cc4)ccc4oc5ccccc5c34)n2)cc1. The van der Waals surface area contributed by atoms with Gasteiger partial charge in [0.1, 0.15) is 11.2 Å². The van der Waals surface area contributed by atoms with Crippen LogP contribution in [0.3, 0.4) is 0 Å². The summed E-state index contributed by atoms with van der Waals surface area (Å²) in [5.74, 6) is 1.84. The Hall–Kier alpha value is -6.39. The molecule has 0 aliphatic rings. The Labute approximate surface area is 271 Å². The van der Waals surface area contributed by atoms with Gasteiger partial charge in [-0.2, -0.15) is 0 Å². The van der Waals surface area contributed by atoms with Crippen LogP contribution in [0.2, 0.25) is 0 Å². The highest BCUT2D eigenvalue weighted by Gasteiger charge is 2.22. The van der Waals surface area contributed by atoms with Gasteiger partial charge in [0.25, 0.3) is 0 Å². The highest BCUT2D eigenvalue weighted by Crippen LogP contribution is 2.42. The third-order valence-corrected chi connectivity index (χ3v) is 8.75. The quantitative estimate of drug-likeness (QED) is 0.197. The molecule has 4 heteroatoms. The standard InChI is InChI=1S/C43H27N3O/c1-3-12-31(13-4-1)41-44-42(32-14-5-2-6-15-32)46-43(45-41)40-35(25-26-38-39(40)36-17-9-10-18-37(36)47-38)30-22-19-29(20-23-30)34-24-21-28-11-7-8-16-33(28)27-34/h1-27H. The Kier molecular flexibility index (Phi) is 6.43. The first-order valence-corrected chi connectivity index (χ1v) is 15.7. The Morgan fingerprint density at radius 1 is 0.362 bits per heavy atom. The Morgan fingerprint density at radius 2 is 0.936 bits per heavy atom. The number of aromatic nitrogens is 3. The second kappa shape index (κ2) is 11.2. The summed E-state index contributed by atoms with van der Waals surface area (Å²) in [6.45, 7) is 0. The predicted molar refractivity (Wildman–Crippen MR) is 192 cm³/mol. The minimum Gasteiger partial charge on any atom is -0.456 e. The van der Waals surface area contributed by atoms with E-state index in [1.807, 2.05) is 78.9 Å². The molecule has 220 valence electrons. The number of furan rings is 1. The van der Waals surface area contributed by atoms with E-state index in [0.717, 1.165) is 55.3 Å². The van der Waals surface area contributed by atoms with Crippen molar-refractivity contribution in [2.24, 2.45) is 0 Å². The maximum absolute atomic E-state index is 6.38. The molecule has 0 N–H and O–H groups in total. The first-order valence-electron chi connectivity index (χ1n) is 15.7. The number of nitrogens with zero attached hydrogens (tertiary/aromatic N) is 3. The van der Waals surface area contributed by atoms with E-state index in [2.05, 4.69) is 84.9 Å². The Morgan fingerprint density at radius 3 is 1.66 bits per heavy atom. The summed E-state index contributed by atoms with van der Waals surface area (Å²) in [7, 11) is 0. The van der Waals surface area contributed by atoms with Gasteiger partial charge in [0.15, 0.2) is 17.5 Å². The molecule has 0 bridgehead atoms. The summed E-state index contributed by atoms with van der Waals surface area (Å²) >= 11 is 0. The molecule has 9 rings (SSSR count). The van der Waals surface area contributed by atoms with Crippen LogP contribution in [0.25, 0.3) is 89.1 Å². The van der Waals surface area contributed by atoms with E-state index in [1.54, 1.807) is 0 Å². The fraction of sp³-hybridized carbons (Fsp3) is 0. The van der Waals surface area contributed by atoms with E-state index in [0.29, 0.717) is 17.5 Å². The number of para-hydroxylation sites is 1. The van der Waals surface area contributed by atoms with Gasteiger partial charge in [-0.3, -0.25) is 0 Å². The second-order valence-corrected chi connectivity index (χ2v) is 11.6. The normalized spacial score (nSPS) is 11.4. The summed E-state index contributed by atoms with van der Waals surface area (Å²) < 4.78 is 6.38. The molecule has 0 spiro atoms. The molecule has 9 aromatic rings. The summed E-state index contributed by atoms with van der Waals surface area (Å²) in [6.07, 6.45) is 0. The average molecular weight is 602 g/mol. The van der Waals surface area contributed by atoms with E-state index >= 15 is 0 Å². The van der Waals surface area contributed by atoms with Crippen LogP contribution < -0.4 is 0 Å². The van der Waals surface area contributed by atoms with Crippen molar-refractivity contribution in [2.45, 2.75) is 0 Å². The van der Waals surface area contributed by atoms with Crippen molar-refractivity contribution >= 4 is 32.7 Å². The lowest BCUT2D eigenvalue weighted by Crippen LogP contribution is -2.01. The molecule has 0 atom stereocenters. The highest BCUT2D eigenvalue weighted by atomic mass is 16.3. The second-order valence-electron chi connectivity index (χ2n) is 11.6. The smallest absolute Gasteiger partial charge is 0.165 e. The summed E-state index contributed by atoms with van der Waals surface area (Å²) in [6, 6.07) is 56.4. The van der Waals surface area contributed by atoms with Gasteiger partial charge in [0, 0.05) is 27.5 Å². The largest absolute Gasteiger partial charge is 0.456 e. The van der Waals surface area contributed by atoms with E-state index in [1.165, 1.54) is 16.3 Å². The maximum Gasteiger partial charge on any atom is 0.165 e. The molecule has 7 aromatic carbocycles. The van der Waals surface area contributed by atoms with Crippen LogP contribution in [0.5, 0.6) is 0 Å². The van der Waals surface area contributed by atoms with Gasteiger partial charge in [0.2, 0.25) is 0 Å². The molecule has 0 saturated carbocycles. The van der Waals surface area contributed by atoms with Crippen molar-refractivity contribution < 1.29 is 4.42 Å². The molecule has 0 aliphatic heterocycles. The van der Waals surface area contributed by atoms with E-state index in [4.69, 9.17) is 19.4 Å². The molecule has 0 saturated heterocycles. The van der Waals surface area contributed by atoms with Gasteiger partial charge in [0.05, 0.1) is 0 Å². The molecular weight excluding hydrogens is 574 g/mol. The number of benzene rings is 7. The van der Waals surface area contributed by atoms with Gasteiger partial charge >= 0.3 is 0 Å². The lowest BCUT2D eigenvalue weighted by Gasteiger charge is -2.14. The molecular formula is C43H27N3O. The lowest BCUT2D eigenvalue weighted by atomic mass is 9.93. The predicted octanol–water partition coefficient (Wildman–Crippen LogP) is 11.3. The molecule has 47 heavy (non-hydrogen) atoms. The zero-order valence-corrected chi connectivity index (χ0v) is 25.3. The monoisotopic (exact) mass is 601 g/mol. The number of fused-ring (bicyclic) bond motifs is 4. The van der Waals surface area contributed by atoms with Crippen molar-refractivity contribution in [2.75, 3.05) is 0 Å². The van der Waals surface area contributed by atoms with Gasteiger partial charge in [-0.15, -0.1) is 0 Å². The van der Waals surface area contributed by atoms with Crippen molar-refractivity contribution in [1.29, 1.82) is 0 Å². The van der Waals surface area contributed by atoms with Crippen molar-refractivity contribution in [3.8, 4) is 56.4 Å². The van der Waals surface area contributed by atoms with Gasteiger partial charge in [-0.05, 0) is 57.3 Å². The molecule has 0 unspecified atom stereocenters. The highest BCUT2D eigenvalue weighted by molar-refractivity contribution is 6.15. The zero-order chi connectivity index (χ0) is 31.2. The molecule has 4 nitrogen and oxygen atoms in total. The van der Waals surface area contributed by atoms with Crippen LogP contribution in [0.1, 0.15) is 0 Å². The fourth-order valence-corrected chi connectivity index (χ4v) is 6.42. The van der Waals surface area contributed by atoms with Crippen molar-refractivity contribution in [1.82, 2.24) is 15.0 Å². The molecule has 0 radical (unpaired) electrons. The third-order valence-electron chi connectivity index (χ3n) is 8.75. The number of rotatable bonds is 5. The van der Waals surface area contributed by atoms with E-state index in [-0.39, 0.29) is 0 Å². The average Bonchev–Trinajstić information content (AvgIpc) is 3.54. The third kappa shape index (κ3) is 4.84. The van der Waals surface area contributed by atoms with Crippen LogP contribution in [-0.2, 0) is 0 Å². The van der Waals surface area contributed by atoms with Gasteiger partial charge in [-0.25, -0.2) is 15.0 Å². The van der Waals surface area contributed by atoms with Gasteiger partial charge in [-0.1, -0.05) is 140 Å². The first kappa shape index (κ1) is 27.0. The zero-order valence-electron chi connectivity index (χ0n) is 25.3. The topological polar surface area (TPSA) is 51.8 Å². The molecule has 0 fully saturated rings. The lowest BCUT2D eigenvalue weighted by molar-refractivity contribution is 0.669. The van der Waals surface area contributed by atoms with E-state index in [9.17, 15) is 0 Å². The van der Waals surface area contributed by atoms with Crippen LogP contribution in [0, 0.1) is 0 Å². The minimum absolute atomic E-state index is 0.600. The van der Waals surface area contributed by atoms with Gasteiger partial charge < -0.3 is 4.42 Å². The van der Waals surface area contributed by atoms with Crippen molar-refractivity contribution in [3.63, 3.8) is 0 Å².